The third-order valence-corrected chi connectivity index (χ3v) is 5.29. The summed E-state index contributed by atoms with van der Waals surface area (Å²) in [5.74, 6) is 0.411. The fourth-order valence-electron chi connectivity index (χ4n) is 1.37. The van der Waals surface area contributed by atoms with Crippen LogP contribution >= 0.6 is 59.6 Å². The maximum absolute atomic E-state index is 11.9. The second-order valence-electron chi connectivity index (χ2n) is 3.99. The molecule has 1 aromatic carbocycles. The van der Waals surface area contributed by atoms with E-state index in [9.17, 15) is 4.79 Å². The molecule has 1 aromatic rings. The number of benzene rings is 1. The Morgan fingerprint density at radius 2 is 1.95 bits per heavy atom. The van der Waals surface area contributed by atoms with Crippen molar-refractivity contribution in [2.75, 3.05) is 17.6 Å². The molecule has 1 unspecified atom stereocenters. The minimum absolute atomic E-state index is 0.0161. The van der Waals surface area contributed by atoms with E-state index < -0.39 is 0 Å². The second kappa shape index (κ2) is 8.67. The van der Waals surface area contributed by atoms with Crippen molar-refractivity contribution in [2.24, 2.45) is 5.73 Å². The number of amides is 1. The molecule has 0 heterocycles. The van der Waals surface area contributed by atoms with Gasteiger partial charge in [0.2, 0.25) is 5.91 Å². The predicted molar refractivity (Wildman–Crippen MR) is 93.8 cm³/mol. The maximum atomic E-state index is 11.9. The number of hydrogen-bond acceptors (Lipinski definition) is 3. The molecule has 0 saturated heterocycles. The molecule has 7 heteroatoms. The zero-order valence-electron chi connectivity index (χ0n) is 10.4. The van der Waals surface area contributed by atoms with Gasteiger partial charge in [0, 0.05) is 18.7 Å². The van der Waals surface area contributed by atoms with Gasteiger partial charge < -0.3 is 11.1 Å². The van der Waals surface area contributed by atoms with Gasteiger partial charge in [0.05, 0.1) is 11.4 Å². The first kappa shape index (κ1) is 17.5. The molecule has 1 atom stereocenters. The van der Waals surface area contributed by atoms with Crippen LogP contribution in [0.25, 0.3) is 0 Å². The summed E-state index contributed by atoms with van der Waals surface area (Å²) in [6.07, 6.45) is 0.920. The zero-order chi connectivity index (χ0) is 14.4. The van der Waals surface area contributed by atoms with Gasteiger partial charge in [-0.1, -0.05) is 22.9 Å². The highest BCUT2D eigenvalue weighted by molar-refractivity contribution is 9.11. The first-order valence-electron chi connectivity index (χ1n) is 5.70. The first-order chi connectivity index (χ1) is 8.93. The van der Waals surface area contributed by atoms with Crippen molar-refractivity contribution in [3.8, 4) is 0 Å². The van der Waals surface area contributed by atoms with Crippen LogP contribution in [0.3, 0.4) is 0 Å². The molecule has 1 rings (SSSR count). The van der Waals surface area contributed by atoms with Crippen LogP contribution in [0.4, 0.5) is 5.69 Å². The highest BCUT2D eigenvalue weighted by atomic mass is 79.9. The molecule has 0 aromatic heterocycles. The van der Waals surface area contributed by atoms with Crippen LogP contribution in [0.1, 0.15) is 13.3 Å². The highest BCUT2D eigenvalue weighted by Gasteiger charge is 2.12. The van der Waals surface area contributed by atoms with Crippen molar-refractivity contribution in [3.63, 3.8) is 0 Å². The van der Waals surface area contributed by atoms with Gasteiger partial charge in [-0.15, -0.1) is 11.8 Å². The van der Waals surface area contributed by atoms with E-state index in [1.165, 1.54) is 0 Å². The predicted octanol–water partition coefficient (Wildman–Crippen LogP) is 4.38. The Kier molecular flexibility index (Phi) is 7.98. The van der Waals surface area contributed by atoms with E-state index in [1.807, 2.05) is 12.1 Å². The molecule has 0 bridgehead atoms. The largest absolute Gasteiger partial charge is 0.330 e. The number of hydrogen-bond donors (Lipinski definition) is 2. The minimum Gasteiger partial charge on any atom is -0.330 e. The van der Waals surface area contributed by atoms with Crippen LogP contribution in [0.2, 0.25) is 0 Å². The maximum Gasteiger partial charge on any atom is 0.234 e. The molecule has 3 nitrogen and oxygen atoms in total. The average molecular weight is 475 g/mol. The van der Waals surface area contributed by atoms with Crippen LogP contribution in [0, 0.1) is 0 Å². The second-order valence-corrected chi connectivity index (χ2v) is 8.04. The lowest BCUT2D eigenvalue weighted by atomic mass is 10.3. The average Bonchev–Trinajstić information content (AvgIpc) is 2.31. The zero-order valence-corrected chi connectivity index (χ0v) is 16.0. The number of thioether (sulfide) groups is 1. The Morgan fingerprint density at radius 1 is 1.37 bits per heavy atom. The Bertz CT molecular complexity index is 434. The standard InChI is InChI=1S/C12H15Br3N2OS/c1-7(2-3-16)19-6-11(18)17-12-9(14)4-8(13)5-10(12)15/h4-5,7H,2-3,6,16H2,1H3,(H,17,18). The summed E-state index contributed by atoms with van der Waals surface area (Å²) in [5.41, 5.74) is 6.23. The molecule has 0 spiro atoms. The van der Waals surface area contributed by atoms with Crippen LogP contribution in [0.15, 0.2) is 25.6 Å². The van der Waals surface area contributed by atoms with Gasteiger partial charge in [-0.3, -0.25) is 4.79 Å². The third-order valence-electron chi connectivity index (χ3n) is 2.34. The van der Waals surface area contributed by atoms with Crippen molar-refractivity contribution in [1.29, 1.82) is 0 Å². The van der Waals surface area contributed by atoms with Gasteiger partial charge in [-0.05, 0) is 57.0 Å². The molecule has 19 heavy (non-hydrogen) atoms. The molecule has 0 aliphatic rings. The molecule has 0 aliphatic carbocycles. The molecular formula is C12H15Br3N2OS. The fraction of sp³-hybridized carbons (Fsp3) is 0.417. The molecule has 0 aliphatic heterocycles. The quantitative estimate of drug-likeness (QED) is 0.643. The number of halogens is 3. The molecule has 1 amide bonds. The first-order valence-corrected chi connectivity index (χ1v) is 9.13. The number of nitrogens with one attached hydrogen (secondary N) is 1. The van der Waals surface area contributed by atoms with E-state index in [1.54, 1.807) is 11.8 Å². The van der Waals surface area contributed by atoms with E-state index in [-0.39, 0.29) is 5.91 Å². The van der Waals surface area contributed by atoms with Gasteiger partial charge in [-0.25, -0.2) is 0 Å². The van der Waals surface area contributed by atoms with E-state index in [0.29, 0.717) is 17.5 Å². The van der Waals surface area contributed by atoms with Crippen molar-refractivity contribution in [2.45, 2.75) is 18.6 Å². The number of rotatable bonds is 6. The monoisotopic (exact) mass is 472 g/mol. The van der Waals surface area contributed by atoms with Crippen molar-refractivity contribution >= 4 is 71.1 Å². The Balaban J connectivity index is 2.58. The molecule has 0 saturated carbocycles. The number of anilines is 1. The minimum atomic E-state index is -0.0161. The Labute approximate surface area is 142 Å². The van der Waals surface area contributed by atoms with E-state index >= 15 is 0 Å². The van der Waals surface area contributed by atoms with Crippen LogP contribution in [0.5, 0.6) is 0 Å². The summed E-state index contributed by atoms with van der Waals surface area (Å²) >= 11 is 11.9. The fourth-order valence-corrected chi connectivity index (χ4v) is 4.64. The van der Waals surface area contributed by atoms with Crippen LogP contribution < -0.4 is 11.1 Å². The van der Waals surface area contributed by atoms with E-state index in [0.717, 1.165) is 25.5 Å². The summed E-state index contributed by atoms with van der Waals surface area (Å²) in [6.45, 7) is 2.73. The third kappa shape index (κ3) is 6.16. The Morgan fingerprint density at radius 3 is 2.47 bits per heavy atom. The Hall–Kier alpha value is 0.440. The van der Waals surface area contributed by atoms with Gasteiger partial charge in [0.15, 0.2) is 0 Å². The lowest BCUT2D eigenvalue weighted by Gasteiger charge is -2.12. The van der Waals surface area contributed by atoms with Crippen LogP contribution in [-0.4, -0.2) is 23.5 Å². The van der Waals surface area contributed by atoms with Crippen molar-refractivity contribution in [1.82, 2.24) is 0 Å². The summed E-state index contributed by atoms with van der Waals surface area (Å²) in [7, 11) is 0. The van der Waals surface area contributed by atoms with Gasteiger partial charge in [0.25, 0.3) is 0 Å². The SMILES string of the molecule is CC(CCN)SCC(=O)Nc1c(Br)cc(Br)cc1Br. The van der Waals surface area contributed by atoms with Gasteiger partial charge in [-0.2, -0.15) is 0 Å². The molecular weight excluding hydrogens is 460 g/mol. The molecule has 3 N–H and O–H groups in total. The van der Waals surface area contributed by atoms with Crippen molar-refractivity contribution < 1.29 is 4.79 Å². The number of nitrogens with two attached hydrogens (primary N) is 1. The van der Waals surface area contributed by atoms with Gasteiger partial charge >= 0.3 is 0 Å². The molecule has 0 radical (unpaired) electrons. The summed E-state index contributed by atoms with van der Waals surface area (Å²) < 4.78 is 2.61. The van der Waals surface area contributed by atoms with E-state index in [2.05, 4.69) is 60.0 Å². The smallest absolute Gasteiger partial charge is 0.234 e. The lowest BCUT2D eigenvalue weighted by molar-refractivity contribution is -0.113. The molecule has 106 valence electrons. The highest BCUT2D eigenvalue weighted by Crippen LogP contribution is 2.34. The van der Waals surface area contributed by atoms with E-state index in [4.69, 9.17) is 5.73 Å². The summed E-state index contributed by atoms with van der Waals surface area (Å²) in [5, 5.41) is 3.29. The summed E-state index contributed by atoms with van der Waals surface area (Å²) in [6, 6.07) is 3.79. The normalized spacial score (nSPS) is 12.3. The molecule has 0 fully saturated rings. The number of carbonyl (C=O) groups is 1. The number of carbonyl (C=O) groups excluding carboxylic acids is 1. The van der Waals surface area contributed by atoms with Crippen LogP contribution in [-0.2, 0) is 4.79 Å². The topological polar surface area (TPSA) is 55.1 Å². The van der Waals surface area contributed by atoms with Crippen molar-refractivity contribution in [3.05, 3.63) is 25.6 Å². The summed E-state index contributed by atoms with van der Waals surface area (Å²) in [4.78, 5) is 11.9. The van der Waals surface area contributed by atoms with Gasteiger partial charge in [0.1, 0.15) is 0 Å². The lowest BCUT2D eigenvalue weighted by Crippen LogP contribution is -2.17.